The van der Waals surface area contributed by atoms with E-state index in [0.29, 0.717) is 0 Å². The van der Waals surface area contributed by atoms with Crippen LogP contribution in [0.25, 0.3) is 0 Å². The summed E-state index contributed by atoms with van der Waals surface area (Å²) in [7, 11) is -3.90. The molecule has 0 aliphatic carbocycles. The molecule has 0 bridgehead atoms. The van der Waals surface area contributed by atoms with E-state index in [1.165, 1.54) is 23.1 Å². The second-order valence-corrected chi connectivity index (χ2v) is 10.5. The molecular formula is C25H34N2O6S. The molecule has 2 aromatic carbocycles. The zero-order valence-electron chi connectivity index (χ0n) is 19.9. The van der Waals surface area contributed by atoms with Gasteiger partial charge in [0.25, 0.3) is 0 Å². The summed E-state index contributed by atoms with van der Waals surface area (Å²) in [6, 6.07) is 15.8. The molecule has 186 valence electrons. The van der Waals surface area contributed by atoms with Crippen molar-refractivity contribution in [3.63, 3.8) is 0 Å². The monoisotopic (exact) mass is 490 g/mol. The molecule has 1 amide bonds. The van der Waals surface area contributed by atoms with Crippen LogP contribution in [0.1, 0.15) is 26.3 Å². The predicted octanol–water partition coefficient (Wildman–Crippen LogP) is 3.33. The van der Waals surface area contributed by atoms with E-state index in [0.717, 1.165) is 5.56 Å². The molecule has 0 radical (unpaired) electrons. The topological polar surface area (TPSA) is 105 Å². The van der Waals surface area contributed by atoms with E-state index in [1.807, 2.05) is 30.3 Å². The summed E-state index contributed by atoms with van der Waals surface area (Å²) in [5, 5.41) is 9.80. The van der Waals surface area contributed by atoms with Gasteiger partial charge in [0.2, 0.25) is 10.0 Å². The molecule has 0 aliphatic rings. The van der Waals surface area contributed by atoms with Gasteiger partial charge in [-0.25, -0.2) is 17.9 Å². The molecule has 2 atom stereocenters. The molecule has 2 rings (SSSR count). The molecule has 0 spiro atoms. The fourth-order valence-electron chi connectivity index (χ4n) is 3.11. The summed E-state index contributed by atoms with van der Waals surface area (Å²) in [5.41, 5.74) is 0.148. The Bertz CT molecular complexity index is 1010. The molecule has 0 saturated heterocycles. The number of aliphatic hydroxyl groups is 1. The van der Waals surface area contributed by atoms with Crippen LogP contribution in [-0.2, 0) is 26.1 Å². The Morgan fingerprint density at radius 3 is 2.24 bits per heavy atom. The van der Waals surface area contributed by atoms with Crippen molar-refractivity contribution in [1.29, 1.82) is 0 Å². The van der Waals surface area contributed by atoms with Crippen molar-refractivity contribution in [3.8, 4) is 0 Å². The lowest BCUT2D eigenvalue weighted by Gasteiger charge is -2.34. The maximum Gasteiger partial charge on any atom is 0.410 e. The van der Waals surface area contributed by atoms with Gasteiger partial charge in [0, 0.05) is 6.54 Å². The second-order valence-electron chi connectivity index (χ2n) is 8.75. The molecule has 0 aromatic heterocycles. The number of benzene rings is 2. The Balaban J connectivity index is 2.26. The van der Waals surface area contributed by atoms with E-state index >= 15 is 0 Å². The van der Waals surface area contributed by atoms with E-state index in [9.17, 15) is 18.3 Å². The van der Waals surface area contributed by atoms with Crippen molar-refractivity contribution in [1.82, 2.24) is 9.62 Å². The Morgan fingerprint density at radius 1 is 1.12 bits per heavy atom. The van der Waals surface area contributed by atoms with Gasteiger partial charge in [-0.15, -0.1) is 6.58 Å². The first-order valence-electron chi connectivity index (χ1n) is 11.0. The number of carbonyl (C=O) groups excluding carboxylic acids is 1. The number of amides is 1. The van der Waals surface area contributed by atoms with Gasteiger partial charge in [0.05, 0.1) is 36.8 Å². The molecule has 34 heavy (non-hydrogen) atoms. The third-order valence-corrected chi connectivity index (χ3v) is 6.25. The van der Waals surface area contributed by atoms with Crippen LogP contribution in [0.5, 0.6) is 0 Å². The molecule has 2 unspecified atom stereocenters. The van der Waals surface area contributed by atoms with Crippen molar-refractivity contribution in [2.45, 2.75) is 50.0 Å². The minimum absolute atomic E-state index is 0.0183. The van der Waals surface area contributed by atoms with Crippen LogP contribution in [0.4, 0.5) is 4.79 Å². The fraction of sp³-hybridized carbons (Fsp3) is 0.400. The molecular weight excluding hydrogens is 456 g/mol. The lowest BCUT2D eigenvalue weighted by molar-refractivity contribution is 0.00899. The number of hydrogen-bond donors (Lipinski definition) is 2. The molecule has 0 fully saturated rings. The number of aliphatic hydroxyl groups excluding tert-OH is 1. The van der Waals surface area contributed by atoms with E-state index in [1.54, 1.807) is 39.0 Å². The Kier molecular flexibility index (Phi) is 10.2. The molecule has 0 saturated carbocycles. The highest BCUT2D eigenvalue weighted by Crippen LogP contribution is 2.15. The minimum Gasteiger partial charge on any atom is -0.444 e. The number of rotatable bonds is 12. The van der Waals surface area contributed by atoms with Crippen molar-refractivity contribution >= 4 is 16.1 Å². The normalized spacial score (nSPS) is 13.6. The number of nitrogens with one attached hydrogen (secondary N) is 1. The zero-order valence-corrected chi connectivity index (χ0v) is 20.7. The fourth-order valence-corrected chi connectivity index (χ4v) is 4.34. The maximum atomic E-state index is 13.0. The second kappa shape index (κ2) is 12.7. The first-order valence-corrected chi connectivity index (χ1v) is 12.5. The van der Waals surface area contributed by atoms with E-state index in [2.05, 4.69) is 11.3 Å². The summed E-state index contributed by atoms with van der Waals surface area (Å²) < 4.78 is 39.9. The highest BCUT2D eigenvalue weighted by Gasteiger charge is 2.31. The van der Waals surface area contributed by atoms with Gasteiger partial charge in [-0.05, 0) is 38.5 Å². The molecule has 0 aliphatic heterocycles. The third-order valence-electron chi connectivity index (χ3n) is 4.71. The summed E-state index contributed by atoms with van der Waals surface area (Å²) >= 11 is 0. The van der Waals surface area contributed by atoms with Crippen molar-refractivity contribution in [2.75, 3.05) is 19.8 Å². The van der Waals surface area contributed by atoms with E-state index in [-0.39, 0.29) is 24.7 Å². The first kappa shape index (κ1) is 27.5. The molecule has 0 heterocycles. The number of sulfonamides is 1. The van der Waals surface area contributed by atoms with Crippen molar-refractivity contribution in [2.24, 2.45) is 0 Å². The summed E-state index contributed by atoms with van der Waals surface area (Å²) in [4.78, 5) is 14.3. The average Bonchev–Trinajstić information content (AvgIpc) is 2.79. The van der Waals surface area contributed by atoms with Gasteiger partial charge in [-0.3, -0.25) is 4.90 Å². The first-order chi connectivity index (χ1) is 16.1. The van der Waals surface area contributed by atoms with Crippen molar-refractivity contribution < 1.29 is 27.8 Å². The molecule has 8 nitrogen and oxygen atoms in total. The van der Waals surface area contributed by atoms with Crippen LogP contribution in [0.3, 0.4) is 0 Å². The van der Waals surface area contributed by atoms with Crippen LogP contribution in [0, 0.1) is 0 Å². The lowest BCUT2D eigenvalue weighted by Crippen LogP contribution is -2.52. The summed E-state index contributed by atoms with van der Waals surface area (Å²) in [6.07, 6.45) is 0.718. The van der Waals surface area contributed by atoms with Gasteiger partial charge in [0.15, 0.2) is 0 Å². The van der Waals surface area contributed by atoms with Gasteiger partial charge < -0.3 is 14.6 Å². The molecule has 9 heteroatoms. The lowest BCUT2D eigenvalue weighted by atomic mass is 10.2. The largest absolute Gasteiger partial charge is 0.444 e. The van der Waals surface area contributed by atoms with Crippen LogP contribution >= 0.6 is 0 Å². The minimum atomic E-state index is -3.90. The average molecular weight is 491 g/mol. The highest BCUT2D eigenvalue weighted by atomic mass is 32.2. The van der Waals surface area contributed by atoms with Crippen LogP contribution < -0.4 is 4.72 Å². The van der Waals surface area contributed by atoms with Gasteiger partial charge in [-0.1, -0.05) is 54.6 Å². The highest BCUT2D eigenvalue weighted by molar-refractivity contribution is 7.89. The number of hydrogen-bond acceptors (Lipinski definition) is 6. The standard InChI is InChI=1S/C25H34N2O6S/c1-5-22(17-28)27(24(29)33-25(2,3)4)16-21(19-32-18-20-12-8-6-9-13-20)26-34(30,31)23-14-10-7-11-15-23/h5-15,21-22,26,28H,1,16-19H2,2-4H3. The van der Waals surface area contributed by atoms with E-state index < -0.39 is 40.4 Å². The van der Waals surface area contributed by atoms with Crippen LogP contribution in [0.2, 0.25) is 0 Å². The summed E-state index contributed by atoms with van der Waals surface area (Å²) in [6.45, 7) is 8.61. The molecule has 2 N–H and O–H groups in total. The smallest absolute Gasteiger partial charge is 0.410 e. The Morgan fingerprint density at radius 2 is 1.71 bits per heavy atom. The van der Waals surface area contributed by atoms with E-state index in [4.69, 9.17) is 9.47 Å². The zero-order chi connectivity index (χ0) is 25.2. The molecule has 2 aromatic rings. The van der Waals surface area contributed by atoms with Gasteiger partial charge in [0.1, 0.15) is 5.60 Å². The van der Waals surface area contributed by atoms with Gasteiger partial charge >= 0.3 is 6.09 Å². The predicted molar refractivity (Wildman–Crippen MR) is 131 cm³/mol. The Labute approximate surface area is 202 Å². The number of carbonyl (C=O) groups is 1. The van der Waals surface area contributed by atoms with Crippen LogP contribution in [0.15, 0.2) is 78.2 Å². The van der Waals surface area contributed by atoms with Gasteiger partial charge in [-0.2, -0.15) is 0 Å². The van der Waals surface area contributed by atoms with Crippen LogP contribution in [-0.4, -0.2) is 62.0 Å². The summed E-state index contributed by atoms with van der Waals surface area (Å²) in [5.74, 6) is 0. The number of ether oxygens (including phenoxy) is 2. The third kappa shape index (κ3) is 8.90. The number of nitrogens with zero attached hydrogens (tertiary/aromatic N) is 1. The SMILES string of the molecule is C=CC(CO)N(CC(COCc1ccccc1)NS(=O)(=O)c1ccccc1)C(=O)OC(C)(C)C. The maximum absolute atomic E-state index is 13.0. The quantitative estimate of drug-likeness (QED) is 0.442. The Hall–Kier alpha value is -2.72. The van der Waals surface area contributed by atoms with Crippen molar-refractivity contribution in [3.05, 3.63) is 78.9 Å².